The van der Waals surface area contributed by atoms with E-state index in [1.54, 1.807) is 19.1 Å². The van der Waals surface area contributed by atoms with E-state index in [1.807, 2.05) is 48.5 Å². The van der Waals surface area contributed by atoms with Gasteiger partial charge < -0.3 is 0 Å². The number of carbonyl (C=O) groups is 2. The zero-order valence-electron chi connectivity index (χ0n) is 17.0. The number of amides is 2. The molecule has 7 rings (SSSR count). The number of imide groups is 1. The molecule has 32 heavy (non-hydrogen) atoms. The zero-order valence-corrected chi connectivity index (χ0v) is 17.7. The van der Waals surface area contributed by atoms with E-state index in [9.17, 15) is 19.7 Å². The molecule has 0 N–H and O–H groups in total. The molecule has 4 aliphatic rings. The molecule has 0 aromatic heterocycles. The highest BCUT2D eigenvalue weighted by atomic mass is 35.5. The maximum absolute atomic E-state index is 13.8. The molecule has 0 unspecified atom stereocenters. The summed E-state index contributed by atoms with van der Waals surface area (Å²) in [6, 6.07) is 19.9. The van der Waals surface area contributed by atoms with Gasteiger partial charge in [-0.15, -0.1) is 11.6 Å². The fourth-order valence-electron chi connectivity index (χ4n) is 5.87. The summed E-state index contributed by atoms with van der Waals surface area (Å²) in [5, 5.41) is 11.5. The SMILES string of the molecule is Cc1ccc(N2C(=O)[C@@H]3C4c5ccccc5C(Cl)(c5ccccc54)[C@@H]3C2=O)cc1[N+](=O)[O-]. The first-order valence-corrected chi connectivity index (χ1v) is 10.7. The number of carbonyl (C=O) groups excluding carboxylic acids is 2. The lowest BCUT2D eigenvalue weighted by Crippen LogP contribution is -2.50. The van der Waals surface area contributed by atoms with Crippen molar-refractivity contribution in [3.63, 3.8) is 0 Å². The average molecular weight is 445 g/mol. The molecule has 2 atom stereocenters. The molecule has 3 aromatic carbocycles. The highest BCUT2D eigenvalue weighted by Crippen LogP contribution is 2.65. The van der Waals surface area contributed by atoms with E-state index in [0.29, 0.717) is 5.56 Å². The molecule has 158 valence electrons. The maximum Gasteiger partial charge on any atom is 0.274 e. The van der Waals surface area contributed by atoms with Crippen molar-refractivity contribution < 1.29 is 14.5 Å². The van der Waals surface area contributed by atoms with Crippen LogP contribution in [0.2, 0.25) is 0 Å². The van der Waals surface area contributed by atoms with Gasteiger partial charge in [0.25, 0.3) is 5.69 Å². The minimum Gasteiger partial charge on any atom is -0.274 e. The van der Waals surface area contributed by atoms with Gasteiger partial charge in [-0.05, 0) is 35.2 Å². The molecular weight excluding hydrogens is 428 g/mol. The normalized spacial score (nSPS) is 27.2. The Labute approximate surface area is 188 Å². The number of hydrogen-bond acceptors (Lipinski definition) is 4. The van der Waals surface area contributed by atoms with Crippen LogP contribution in [0.4, 0.5) is 11.4 Å². The quantitative estimate of drug-likeness (QED) is 0.249. The van der Waals surface area contributed by atoms with Crippen molar-refractivity contribution in [2.24, 2.45) is 11.8 Å². The number of hydrogen-bond donors (Lipinski definition) is 0. The third-order valence-corrected chi connectivity index (χ3v) is 7.80. The van der Waals surface area contributed by atoms with Crippen molar-refractivity contribution in [1.82, 2.24) is 0 Å². The standard InChI is InChI=1S/C25H17ClN2O4/c1-13-10-11-14(12-19(13)28(31)32)27-23(29)21-20-15-6-2-4-8-17(15)25(26,22(21)24(27)30)18-9-5-3-7-16(18)20/h2-12,20-22H,1H3/t20?,21-,22+,25?/m1/s1. The molecule has 1 aliphatic heterocycles. The van der Waals surface area contributed by atoms with Crippen LogP contribution >= 0.6 is 11.6 Å². The molecule has 6 nitrogen and oxygen atoms in total. The number of nitro benzene ring substituents is 1. The molecule has 0 saturated carbocycles. The van der Waals surface area contributed by atoms with Gasteiger partial charge in [0.15, 0.2) is 0 Å². The van der Waals surface area contributed by atoms with Crippen LogP contribution in [0.5, 0.6) is 0 Å². The molecule has 1 saturated heterocycles. The van der Waals surface area contributed by atoms with Crippen LogP contribution in [-0.2, 0) is 14.5 Å². The fourth-order valence-corrected chi connectivity index (χ4v) is 6.44. The lowest BCUT2D eigenvalue weighted by Gasteiger charge is -2.50. The summed E-state index contributed by atoms with van der Waals surface area (Å²) in [6.45, 7) is 1.62. The Balaban J connectivity index is 1.58. The second-order valence-corrected chi connectivity index (χ2v) is 9.20. The molecule has 2 bridgehead atoms. The predicted octanol–water partition coefficient (Wildman–Crippen LogP) is 4.65. The van der Waals surface area contributed by atoms with E-state index >= 15 is 0 Å². The molecule has 0 spiro atoms. The second kappa shape index (κ2) is 6.26. The Morgan fingerprint density at radius 2 is 1.53 bits per heavy atom. The largest absolute Gasteiger partial charge is 0.274 e. The molecule has 0 radical (unpaired) electrons. The third kappa shape index (κ3) is 2.15. The first kappa shape index (κ1) is 19.2. The van der Waals surface area contributed by atoms with Crippen molar-refractivity contribution in [3.8, 4) is 0 Å². The molecule has 3 aromatic rings. The van der Waals surface area contributed by atoms with E-state index in [1.165, 1.54) is 6.07 Å². The summed E-state index contributed by atoms with van der Waals surface area (Å²) in [4.78, 5) is 38.4. The number of benzene rings is 3. The predicted molar refractivity (Wildman–Crippen MR) is 119 cm³/mol. The van der Waals surface area contributed by atoms with E-state index in [2.05, 4.69) is 0 Å². The summed E-state index contributed by atoms with van der Waals surface area (Å²) < 4.78 is 0. The van der Waals surface area contributed by atoms with E-state index in [4.69, 9.17) is 11.6 Å². The van der Waals surface area contributed by atoms with Gasteiger partial charge in [0.2, 0.25) is 11.8 Å². The molecule has 3 aliphatic carbocycles. The Hall–Kier alpha value is -3.51. The van der Waals surface area contributed by atoms with Gasteiger partial charge in [0.1, 0.15) is 4.87 Å². The number of anilines is 1. The smallest absolute Gasteiger partial charge is 0.274 e. The summed E-state index contributed by atoms with van der Waals surface area (Å²) in [5.74, 6) is -2.52. The van der Waals surface area contributed by atoms with Crippen molar-refractivity contribution >= 4 is 34.8 Å². The third-order valence-electron chi connectivity index (χ3n) is 7.16. The lowest BCUT2D eigenvalue weighted by atomic mass is 9.54. The van der Waals surface area contributed by atoms with Crippen molar-refractivity contribution in [3.05, 3.63) is 105 Å². The van der Waals surface area contributed by atoms with Crippen LogP contribution in [0.25, 0.3) is 0 Å². The van der Waals surface area contributed by atoms with Crippen LogP contribution in [0.3, 0.4) is 0 Å². The minimum absolute atomic E-state index is 0.131. The summed E-state index contributed by atoms with van der Waals surface area (Å²) in [5.41, 5.74) is 4.16. The van der Waals surface area contributed by atoms with E-state index in [0.717, 1.165) is 27.2 Å². The highest BCUT2D eigenvalue weighted by molar-refractivity contribution is 6.33. The first-order valence-electron chi connectivity index (χ1n) is 10.4. The van der Waals surface area contributed by atoms with Gasteiger partial charge in [0, 0.05) is 17.5 Å². The van der Waals surface area contributed by atoms with Crippen LogP contribution in [0.15, 0.2) is 66.7 Å². The average Bonchev–Trinajstić information content (AvgIpc) is 3.06. The monoisotopic (exact) mass is 444 g/mol. The molecule has 1 fully saturated rings. The fraction of sp³-hybridized carbons (Fsp3) is 0.200. The molecule has 2 amide bonds. The second-order valence-electron chi connectivity index (χ2n) is 8.61. The Morgan fingerprint density at radius 1 is 0.938 bits per heavy atom. The van der Waals surface area contributed by atoms with Gasteiger partial charge in [-0.3, -0.25) is 19.7 Å². The molecule has 1 heterocycles. The number of aryl methyl sites for hydroxylation is 1. The van der Waals surface area contributed by atoms with Crippen LogP contribution < -0.4 is 4.90 Å². The van der Waals surface area contributed by atoms with Gasteiger partial charge in [0.05, 0.1) is 22.4 Å². The first-order chi connectivity index (χ1) is 15.4. The van der Waals surface area contributed by atoms with Gasteiger partial charge >= 0.3 is 0 Å². The van der Waals surface area contributed by atoms with Crippen LogP contribution in [0.1, 0.15) is 33.7 Å². The summed E-state index contributed by atoms with van der Waals surface area (Å²) >= 11 is 7.37. The van der Waals surface area contributed by atoms with E-state index < -0.39 is 27.5 Å². The Morgan fingerprint density at radius 3 is 2.12 bits per heavy atom. The van der Waals surface area contributed by atoms with Gasteiger partial charge in [-0.25, -0.2) is 4.90 Å². The zero-order chi connectivity index (χ0) is 22.4. The number of rotatable bonds is 2. The van der Waals surface area contributed by atoms with Gasteiger partial charge in [-0.2, -0.15) is 0 Å². The number of alkyl halides is 1. The Bertz CT molecular complexity index is 1320. The molecular formula is C25H17ClN2O4. The minimum atomic E-state index is -1.18. The van der Waals surface area contributed by atoms with Crippen LogP contribution in [-0.4, -0.2) is 16.7 Å². The molecule has 7 heteroatoms. The van der Waals surface area contributed by atoms with Crippen molar-refractivity contribution in [1.29, 1.82) is 0 Å². The number of nitrogens with zero attached hydrogens (tertiary/aromatic N) is 2. The van der Waals surface area contributed by atoms with Crippen molar-refractivity contribution in [2.45, 2.75) is 17.7 Å². The van der Waals surface area contributed by atoms with Gasteiger partial charge in [-0.1, -0.05) is 54.6 Å². The van der Waals surface area contributed by atoms with Crippen molar-refractivity contribution in [2.75, 3.05) is 4.90 Å². The Kier molecular flexibility index (Phi) is 3.76. The highest BCUT2D eigenvalue weighted by Gasteiger charge is 2.68. The number of nitro groups is 1. The maximum atomic E-state index is 13.8. The summed E-state index contributed by atoms with van der Waals surface area (Å²) in [6.07, 6.45) is 0. The number of halogens is 1. The topological polar surface area (TPSA) is 80.5 Å². The van der Waals surface area contributed by atoms with Crippen LogP contribution in [0, 0.1) is 28.9 Å². The summed E-state index contributed by atoms with van der Waals surface area (Å²) in [7, 11) is 0. The van der Waals surface area contributed by atoms with E-state index in [-0.39, 0.29) is 23.2 Å². The lowest BCUT2D eigenvalue weighted by molar-refractivity contribution is -0.385.